The summed E-state index contributed by atoms with van der Waals surface area (Å²) in [6, 6.07) is 13.0. The van der Waals surface area contributed by atoms with Gasteiger partial charge in [0.1, 0.15) is 11.9 Å². The van der Waals surface area contributed by atoms with Gasteiger partial charge in [-0.3, -0.25) is 9.59 Å². The van der Waals surface area contributed by atoms with Crippen molar-refractivity contribution in [1.29, 1.82) is 0 Å². The number of halogens is 2. The monoisotopic (exact) mass is 422 g/mol. The lowest BCUT2D eigenvalue weighted by molar-refractivity contribution is -0.138. The van der Waals surface area contributed by atoms with E-state index in [1.54, 1.807) is 37.3 Å². The minimum Gasteiger partial charge on any atom is -0.355 e. The molecule has 28 heavy (non-hydrogen) atoms. The standard InChI is InChI=1S/C21H24ClFN2O2S/c1-3-24-21(27)15(2)25(12-17-6-4-5-7-19(17)23)20(26)14-28-13-16-8-10-18(22)11-9-16/h4-11,15H,3,12-14H2,1-2H3,(H,24,27)/t15-/m1/s1. The summed E-state index contributed by atoms with van der Waals surface area (Å²) in [4.78, 5) is 26.5. The van der Waals surface area contributed by atoms with Gasteiger partial charge in [0.15, 0.2) is 0 Å². The van der Waals surface area contributed by atoms with Gasteiger partial charge in [0.25, 0.3) is 0 Å². The number of nitrogens with one attached hydrogen (secondary N) is 1. The van der Waals surface area contributed by atoms with Crippen LogP contribution in [0.5, 0.6) is 0 Å². The van der Waals surface area contributed by atoms with Gasteiger partial charge in [0, 0.05) is 29.4 Å². The maximum Gasteiger partial charge on any atom is 0.242 e. The number of nitrogens with zero attached hydrogens (tertiary/aromatic N) is 1. The fraction of sp³-hybridized carbons (Fsp3) is 0.333. The van der Waals surface area contributed by atoms with Gasteiger partial charge in [0.05, 0.1) is 5.75 Å². The summed E-state index contributed by atoms with van der Waals surface area (Å²) < 4.78 is 14.1. The average Bonchev–Trinajstić information content (AvgIpc) is 2.68. The molecule has 2 aromatic carbocycles. The Labute approximate surface area is 174 Å². The van der Waals surface area contributed by atoms with Crippen molar-refractivity contribution < 1.29 is 14.0 Å². The van der Waals surface area contributed by atoms with Crippen molar-refractivity contribution in [3.63, 3.8) is 0 Å². The maximum atomic E-state index is 14.1. The molecule has 0 aliphatic carbocycles. The van der Waals surface area contributed by atoms with Crippen LogP contribution in [0.4, 0.5) is 4.39 Å². The van der Waals surface area contributed by atoms with Crippen LogP contribution < -0.4 is 5.32 Å². The summed E-state index contributed by atoms with van der Waals surface area (Å²) in [5.41, 5.74) is 1.44. The number of hydrogen-bond acceptors (Lipinski definition) is 3. The lowest BCUT2D eigenvalue weighted by Crippen LogP contribution is -2.48. The molecule has 0 heterocycles. The molecular weight excluding hydrogens is 399 g/mol. The molecule has 0 fully saturated rings. The Hall–Kier alpha value is -2.05. The summed E-state index contributed by atoms with van der Waals surface area (Å²) in [6.45, 7) is 3.99. The van der Waals surface area contributed by atoms with Crippen LogP contribution in [-0.2, 0) is 21.9 Å². The first-order chi connectivity index (χ1) is 13.4. The third-order valence-electron chi connectivity index (χ3n) is 4.22. The Morgan fingerprint density at radius 1 is 1.18 bits per heavy atom. The van der Waals surface area contributed by atoms with Crippen LogP contribution >= 0.6 is 23.4 Å². The van der Waals surface area contributed by atoms with E-state index in [0.717, 1.165) is 5.56 Å². The fourth-order valence-corrected chi connectivity index (χ4v) is 3.63. The molecule has 1 N–H and O–H groups in total. The molecule has 150 valence electrons. The van der Waals surface area contributed by atoms with Crippen LogP contribution in [0.3, 0.4) is 0 Å². The predicted octanol–water partition coefficient (Wildman–Crippen LogP) is 4.27. The lowest BCUT2D eigenvalue weighted by Gasteiger charge is -2.28. The minimum absolute atomic E-state index is 0.0469. The van der Waals surface area contributed by atoms with E-state index >= 15 is 0 Å². The van der Waals surface area contributed by atoms with Crippen molar-refractivity contribution >= 4 is 35.2 Å². The molecular formula is C21H24ClFN2O2S. The van der Waals surface area contributed by atoms with Gasteiger partial charge in [-0.25, -0.2) is 4.39 Å². The maximum absolute atomic E-state index is 14.1. The molecule has 0 aliphatic rings. The number of thioether (sulfide) groups is 1. The van der Waals surface area contributed by atoms with E-state index in [1.165, 1.54) is 22.7 Å². The van der Waals surface area contributed by atoms with Crippen LogP contribution in [0.15, 0.2) is 48.5 Å². The zero-order chi connectivity index (χ0) is 20.5. The summed E-state index contributed by atoms with van der Waals surface area (Å²) in [5.74, 6) is -0.0135. The highest BCUT2D eigenvalue weighted by Crippen LogP contribution is 2.18. The highest BCUT2D eigenvalue weighted by molar-refractivity contribution is 7.99. The molecule has 7 heteroatoms. The van der Waals surface area contributed by atoms with Crippen molar-refractivity contribution in [1.82, 2.24) is 10.2 Å². The van der Waals surface area contributed by atoms with Gasteiger partial charge in [-0.15, -0.1) is 11.8 Å². The molecule has 0 radical (unpaired) electrons. The van der Waals surface area contributed by atoms with Crippen LogP contribution in [0.25, 0.3) is 0 Å². The third kappa shape index (κ3) is 6.53. The van der Waals surface area contributed by atoms with Gasteiger partial charge >= 0.3 is 0 Å². The Bertz CT molecular complexity index is 801. The molecule has 0 saturated heterocycles. The SMILES string of the molecule is CCNC(=O)[C@@H](C)N(Cc1ccccc1F)C(=O)CSCc1ccc(Cl)cc1. The van der Waals surface area contributed by atoms with E-state index < -0.39 is 11.9 Å². The number of carbonyl (C=O) groups excluding carboxylic acids is 2. The van der Waals surface area contributed by atoms with Crippen LogP contribution in [0, 0.1) is 5.82 Å². The van der Waals surface area contributed by atoms with Gasteiger partial charge in [-0.05, 0) is 37.6 Å². The minimum atomic E-state index is -0.691. The zero-order valence-electron chi connectivity index (χ0n) is 16.0. The number of amides is 2. The average molecular weight is 423 g/mol. The smallest absolute Gasteiger partial charge is 0.242 e. The van der Waals surface area contributed by atoms with Gasteiger partial charge < -0.3 is 10.2 Å². The third-order valence-corrected chi connectivity index (χ3v) is 5.46. The van der Waals surface area contributed by atoms with Crippen molar-refractivity contribution in [3.8, 4) is 0 Å². The van der Waals surface area contributed by atoms with Crippen molar-refractivity contribution in [2.75, 3.05) is 12.3 Å². The van der Waals surface area contributed by atoms with Gasteiger partial charge in [-0.2, -0.15) is 0 Å². The highest BCUT2D eigenvalue weighted by Gasteiger charge is 2.26. The molecule has 0 bridgehead atoms. The molecule has 2 amide bonds. The number of hydrogen-bond donors (Lipinski definition) is 1. The second-order valence-electron chi connectivity index (χ2n) is 6.30. The predicted molar refractivity (Wildman–Crippen MR) is 113 cm³/mol. The molecule has 1 atom stereocenters. The van der Waals surface area contributed by atoms with E-state index in [-0.39, 0.29) is 24.1 Å². The van der Waals surface area contributed by atoms with Crippen molar-refractivity contribution in [3.05, 3.63) is 70.5 Å². The summed E-state index contributed by atoms with van der Waals surface area (Å²) in [7, 11) is 0. The number of benzene rings is 2. The Morgan fingerprint density at radius 3 is 2.50 bits per heavy atom. The molecule has 0 aromatic heterocycles. The highest BCUT2D eigenvalue weighted by atomic mass is 35.5. The Balaban J connectivity index is 2.06. The Morgan fingerprint density at radius 2 is 1.86 bits per heavy atom. The number of likely N-dealkylation sites (N-methyl/N-ethyl adjacent to an activating group) is 1. The first kappa shape index (κ1) is 22.2. The Kier molecular flexibility index (Phi) is 8.80. The normalized spacial score (nSPS) is 11.7. The van der Waals surface area contributed by atoms with Crippen LogP contribution in [-0.4, -0.2) is 35.1 Å². The number of carbonyl (C=O) groups is 2. The van der Waals surface area contributed by atoms with Gasteiger partial charge in [0.2, 0.25) is 11.8 Å². The molecule has 0 spiro atoms. The van der Waals surface area contributed by atoms with Crippen molar-refractivity contribution in [2.24, 2.45) is 0 Å². The molecule has 2 aromatic rings. The lowest BCUT2D eigenvalue weighted by atomic mass is 10.1. The van der Waals surface area contributed by atoms with Crippen molar-refractivity contribution in [2.45, 2.75) is 32.2 Å². The topological polar surface area (TPSA) is 49.4 Å². The first-order valence-corrected chi connectivity index (χ1v) is 10.6. The van der Waals surface area contributed by atoms with E-state index in [0.29, 0.717) is 22.9 Å². The van der Waals surface area contributed by atoms with E-state index in [4.69, 9.17) is 11.6 Å². The molecule has 4 nitrogen and oxygen atoms in total. The molecule has 2 rings (SSSR count). The molecule has 0 unspecified atom stereocenters. The number of rotatable bonds is 9. The largest absolute Gasteiger partial charge is 0.355 e. The second-order valence-corrected chi connectivity index (χ2v) is 7.72. The zero-order valence-corrected chi connectivity index (χ0v) is 17.5. The van der Waals surface area contributed by atoms with E-state index in [9.17, 15) is 14.0 Å². The first-order valence-electron chi connectivity index (χ1n) is 9.05. The quantitative estimate of drug-likeness (QED) is 0.656. The second kappa shape index (κ2) is 11.1. The summed E-state index contributed by atoms with van der Waals surface area (Å²) in [5, 5.41) is 3.39. The fourth-order valence-electron chi connectivity index (χ4n) is 2.63. The van der Waals surface area contributed by atoms with Crippen LogP contribution in [0.2, 0.25) is 5.02 Å². The van der Waals surface area contributed by atoms with E-state index in [1.807, 2.05) is 19.1 Å². The van der Waals surface area contributed by atoms with E-state index in [2.05, 4.69) is 5.32 Å². The summed E-state index contributed by atoms with van der Waals surface area (Å²) in [6.07, 6.45) is 0. The van der Waals surface area contributed by atoms with Crippen LogP contribution in [0.1, 0.15) is 25.0 Å². The molecule has 0 aliphatic heterocycles. The summed E-state index contributed by atoms with van der Waals surface area (Å²) >= 11 is 7.33. The van der Waals surface area contributed by atoms with Gasteiger partial charge in [-0.1, -0.05) is 41.9 Å². The molecule has 0 saturated carbocycles.